The van der Waals surface area contributed by atoms with Gasteiger partial charge in [0.05, 0.1) is 6.54 Å². The van der Waals surface area contributed by atoms with Crippen LogP contribution in [0.1, 0.15) is 26.0 Å². The maximum absolute atomic E-state index is 11.7. The first-order valence-corrected chi connectivity index (χ1v) is 6.76. The summed E-state index contributed by atoms with van der Waals surface area (Å²) in [4.78, 5) is 0. The molecule has 1 aromatic rings. The average molecular weight is 246 g/mol. The molecule has 0 saturated carbocycles. The van der Waals surface area contributed by atoms with E-state index in [0.29, 0.717) is 18.2 Å². The minimum Gasteiger partial charge on any atom is -0.447 e. The van der Waals surface area contributed by atoms with Gasteiger partial charge >= 0.3 is 0 Å². The van der Waals surface area contributed by atoms with Gasteiger partial charge in [-0.2, -0.15) is 0 Å². The lowest BCUT2D eigenvalue weighted by Crippen LogP contribution is -2.27. The van der Waals surface area contributed by atoms with Crippen molar-refractivity contribution in [3.8, 4) is 0 Å². The summed E-state index contributed by atoms with van der Waals surface area (Å²) in [7, 11) is -3.53. The van der Waals surface area contributed by atoms with Gasteiger partial charge in [-0.3, -0.25) is 0 Å². The maximum atomic E-state index is 11.7. The third-order valence-electron chi connectivity index (χ3n) is 2.42. The minimum atomic E-state index is -3.53. The zero-order chi connectivity index (χ0) is 12.2. The van der Waals surface area contributed by atoms with Crippen molar-refractivity contribution in [3.63, 3.8) is 0 Å². The van der Waals surface area contributed by atoms with Crippen LogP contribution in [0.15, 0.2) is 21.6 Å². The molecule has 92 valence electrons. The molecule has 3 N–H and O–H groups in total. The smallest absolute Gasteiger partial charge is 0.273 e. The first-order chi connectivity index (χ1) is 7.49. The first kappa shape index (κ1) is 13.2. The monoisotopic (exact) mass is 246 g/mol. The van der Waals surface area contributed by atoms with Gasteiger partial charge in [0.15, 0.2) is 0 Å². The fourth-order valence-electron chi connectivity index (χ4n) is 1.08. The highest BCUT2D eigenvalue weighted by Gasteiger charge is 2.18. The molecule has 0 fully saturated rings. The van der Waals surface area contributed by atoms with E-state index in [2.05, 4.69) is 4.72 Å². The first-order valence-electron chi connectivity index (χ1n) is 5.28. The van der Waals surface area contributed by atoms with E-state index < -0.39 is 10.0 Å². The number of furan rings is 1. The molecule has 0 aliphatic carbocycles. The van der Waals surface area contributed by atoms with Crippen molar-refractivity contribution in [2.75, 3.05) is 6.54 Å². The van der Waals surface area contributed by atoms with Crippen molar-refractivity contribution in [2.24, 2.45) is 11.7 Å². The molecule has 0 saturated heterocycles. The van der Waals surface area contributed by atoms with E-state index >= 15 is 0 Å². The van der Waals surface area contributed by atoms with Crippen LogP contribution in [0.25, 0.3) is 0 Å². The maximum Gasteiger partial charge on any atom is 0.273 e. The van der Waals surface area contributed by atoms with Crippen molar-refractivity contribution < 1.29 is 12.8 Å². The van der Waals surface area contributed by atoms with Crippen LogP contribution in [0.4, 0.5) is 0 Å². The van der Waals surface area contributed by atoms with E-state index in [0.717, 1.165) is 6.42 Å². The molecule has 0 bridgehead atoms. The highest BCUT2D eigenvalue weighted by atomic mass is 32.2. The molecule has 1 aromatic heterocycles. The van der Waals surface area contributed by atoms with Crippen LogP contribution in [0, 0.1) is 5.92 Å². The third kappa shape index (κ3) is 3.33. The second-order valence-corrected chi connectivity index (χ2v) is 5.49. The fraction of sp³-hybridized carbons (Fsp3) is 0.600. The summed E-state index contributed by atoms with van der Waals surface area (Å²) >= 11 is 0. The molecular weight excluding hydrogens is 228 g/mol. The van der Waals surface area contributed by atoms with Crippen molar-refractivity contribution in [3.05, 3.63) is 17.9 Å². The van der Waals surface area contributed by atoms with Crippen LogP contribution in [-0.4, -0.2) is 15.0 Å². The van der Waals surface area contributed by atoms with Crippen LogP contribution < -0.4 is 10.5 Å². The van der Waals surface area contributed by atoms with Gasteiger partial charge in [0, 0.05) is 6.54 Å². The average Bonchev–Trinajstić information content (AvgIpc) is 2.75. The Balaban J connectivity index is 2.70. The van der Waals surface area contributed by atoms with E-state index in [-0.39, 0.29) is 11.6 Å². The Morgan fingerprint density at radius 3 is 2.69 bits per heavy atom. The van der Waals surface area contributed by atoms with E-state index in [1.807, 2.05) is 13.8 Å². The van der Waals surface area contributed by atoms with Gasteiger partial charge in [0.25, 0.3) is 10.0 Å². The lowest BCUT2D eigenvalue weighted by atomic mass is 10.1. The topological polar surface area (TPSA) is 85.3 Å². The van der Waals surface area contributed by atoms with Gasteiger partial charge in [-0.05, 0) is 18.1 Å². The van der Waals surface area contributed by atoms with Crippen molar-refractivity contribution in [1.29, 1.82) is 0 Å². The SMILES string of the molecule is CCC(C)CNS(=O)(=O)c1ccc(CN)o1. The number of sulfonamides is 1. The quantitative estimate of drug-likeness (QED) is 0.786. The van der Waals surface area contributed by atoms with Crippen LogP contribution in [0.3, 0.4) is 0 Å². The predicted octanol–water partition coefficient (Wildman–Crippen LogP) is 1.06. The standard InChI is InChI=1S/C10H18N2O3S/c1-3-8(2)7-12-16(13,14)10-5-4-9(6-11)15-10/h4-5,8,12H,3,6-7,11H2,1-2H3. The van der Waals surface area contributed by atoms with Gasteiger partial charge in [0.2, 0.25) is 5.09 Å². The Bertz CT molecular complexity index is 425. The normalized spacial score (nSPS) is 13.9. The molecule has 0 radical (unpaired) electrons. The lowest BCUT2D eigenvalue weighted by molar-refractivity contribution is 0.410. The molecule has 1 rings (SSSR count). The Kier molecular flexibility index (Phi) is 4.52. The molecule has 0 aliphatic heterocycles. The lowest BCUT2D eigenvalue weighted by Gasteiger charge is -2.08. The van der Waals surface area contributed by atoms with E-state index in [1.165, 1.54) is 6.07 Å². The molecule has 0 spiro atoms. The highest BCUT2D eigenvalue weighted by molar-refractivity contribution is 7.89. The zero-order valence-electron chi connectivity index (χ0n) is 9.56. The second-order valence-electron chi connectivity index (χ2n) is 3.79. The molecule has 1 heterocycles. The number of nitrogens with two attached hydrogens (primary N) is 1. The summed E-state index contributed by atoms with van der Waals surface area (Å²) in [6.07, 6.45) is 0.925. The van der Waals surface area contributed by atoms with Gasteiger partial charge in [-0.25, -0.2) is 13.1 Å². The largest absolute Gasteiger partial charge is 0.447 e. The van der Waals surface area contributed by atoms with Crippen LogP contribution in [0.2, 0.25) is 0 Å². The van der Waals surface area contributed by atoms with E-state index in [9.17, 15) is 8.42 Å². The third-order valence-corrected chi connectivity index (χ3v) is 3.72. The summed E-state index contributed by atoms with van der Waals surface area (Å²) in [6.45, 7) is 4.60. The number of rotatable bonds is 6. The van der Waals surface area contributed by atoms with Gasteiger partial charge in [-0.1, -0.05) is 20.3 Å². The molecule has 6 heteroatoms. The summed E-state index contributed by atoms with van der Waals surface area (Å²) in [5.74, 6) is 0.766. The van der Waals surface area contributed by atoms with Gasteiger partial charge in [-0.15, -0.1) is 0 Å². The molecule has 5 nitrogen and oxygen atoms in total. The van der Waals surface area contributed by atoms with Crippen molar-refractivity contribution in [2.45, 2.75) is 31.9 Å². The highest BCUT2D eigenvalue weighted by Crippen LogP contribution is 2.13. The Morgan fingerprint density at radius 1 is 1.50 bits per heavy atom. The van der Waals surface area contributed by atoms with Crippen LogP contribution >= 0.6 is 0 Å². The molecule has 0 amide bonds. The predicted molar refractivity (Wildman–Crippen MR) is 61.2 cm³/mol. The van der Waals surface area contributed by atoms with Crippen LogP contribution in [0.5, 0.6) is 0 Å². The van der Waals surface area contributed by atoms with Gasteiger partial charge in [0.1, 0.15) is 5.76 Å². The Labute approximate surface area is 96.1 Å². The van der Waals surface area contributed by atoms with Gasteiger partial charge < -0.3 is 10.2 Å². The summed E-state index contributed by atoms with van der Waals surface area (Å²) in [6, 6.07) is 2.99. The Morgan fingerprint density at radius 2 is 2.19 bits per heavy atom. The van der Waals surface area contributed by atoms with E-state index in [1.54, 1.807) is 6.07 Å². The second kappa shape index (κ2) is 5.47. The van der Waals surface area contributed by atoms with Crippen molar-refractivity contribution in [1.82, 2.24) is 4.72 Å². The number of hydrogen-bond donors (Lipinski definition) is 2. The Hall–Kier alpha value is -0.850. The number of nitrogens with one attached hydrogen (secondary N) is 1. The summed E-state index contributed by atoms with van der Waals surface area (Å²) in [5, 5.41) is -0.0729. The minimum absolute atomic E-state index is 0.0729. The van der Waals surface area contributed by atoms with E-state index in [4.69, 9.17) is 10.2 Å². The van der Waals surface area contributed by atoms with Crippen molar-refractivity contribution >= 4 is 10.0 Å². The fourth-order valence-corrected chi connectivity index (χ4v) is 2.19. The zero-order valence-corrected chi connectivity index (χ0v) is 10.4. The molecular formula is C10H18N2O3S. The molecule has 0 aromatic carbocycles. The summed E-state index contributed by atoms with van der Waals surface area (Å²) < 4.78 is 31.1. The number of hydrogen-bond acceptors (Lipinski definition) is 4. The summed E-state index contributed by atoms with van der Waals surface area (Å²) in [5.41, 5.74) is 5.34. The molecule has 1 unspecified atom stereocenters. The van der Waals surface area contributed by atoms with Crippen LogP contribution in [-0.2, 0) is 16.6 Å². The molecule has 0 aliphatic rings. The molecule has 16 heavy (non-hydrogen) atoms. The molecule has 1 atom stereocenters.